The lowest BCUT2D eigenvalue weighted by Gasteiger charge is -2.07. The fraction of sp³-hybridized carbons (Fsp3) is 0.0667. The molecule has 1 heterocycles. The van der Waals surface area contributed by atoms with E-state index < -0.39 is 0 Å². The first-order chi connectivity index (χ1) is 9.52. The van der Waals surface area contributed by atoms with E-state index in [1.54, 1.807) is 12.1 Å². The molecule has 1 aromatic heterocycles. The lowest BCUT2D eigenvalue weighted by Crippen LogP contribution is -1.98. The second kappa shape index (κ2) is 4.93. The molecule has 3 nitrogen and oxygen atoms in total. The van der Waals surface area contributed by atoms with Crippen molar-refractivity contribution in [2.75, 3.05) is 5.73 Å². The Balaban J connectivity index is 2.26. The number of aromatic nitrogens is 2. The zero-order valence-corrected chi connectivity index (χ0v) is 12.2. The zero-order valence-electron chi connectivity index (χ0n) is 10.7. The highest BCUT2D eigenvalue weighted by Gasteiger charge is 2.09. The standard InChI is InChI=1S/C15H11Cl2N3/c1-8-4-9(6-11(17)5-8)15-19-13-7-10(16)2-3-12(13)14(18)20-15/h2-7H,1H3,(H2,18,19,20). The van der Waals surface area contributed by atoms with Crippen molar-refractivity contribution in [3.63, 3.8) is 0 Å². The molecule has 0 saturated carbocycles. The second-order valence-electron chi connectivity index (χ2n) is 4.61. The molecule has 0 aliphatic rings. The van der Waals surface area contributed by atoms with E-state index in [0.29, 0.717) is 21.7 Å². The molecule has 0 aliphatic carbocycles. The summed E-state index contributed by atoms with van der Waals surface area (Å²) in [6.07, 6.45) is 0. The molecule has 0 atom stereocenters. The lowest BCUT2D eigenvalue weighted by atomic mass is 10.1. The Morgan fingerprint density at radius 2 is 1.75 bits per heavy atom. The molecule has 3 rings (SSSR count). The summed E-state index contributed by atoms with van der Waals surface area (Å²) in [5, 5.41) is 2.05. The van der Waals surface area contributed by atoms with Crippen molar-refractivity contribution in [2.24, 2.45) is 0 Å². The van der Waals surface area contributed by atoms with Crippen LogP contribution in [0.1, 0.15) is 5.56 Å². The summed E-state index contributed by atoms with van der Waals surface area (Å²) >= 11 is 12.1. The number of hydrogen-bond donors (Lipinski definition) is 1. The van der Waals surface area contributed by atoms with E-state index >= 15 is 0 Å². The number of fused-ring (bicyclic) bond motifs is 1. The molecule has 0 saturated heterocycles. The third kappa shape index (κ3) is 2.42. The van der Waals surface area contributed by atoms with Gasteiger partial charge in [-0.25, -0.2) is 9.97 Å². The quantitative estimate of drug-likeness (QED) is 0.720. The van der Waals surface area contributed by atoms with Crippen LogP contribution in [0.25, 0.3) is 22.3 Å². The topological polar surface area (TPSA) is 51.8 Å². The van der Waals surface area contributed by atoms with Crippen molar-refractivity contribution in [3.8, 4) is 11.4 Å². The summed E-state index contributed by atoms with van der Waals surface area (Å²) in [5.74, 6) is 0.974. The highest BCUT2D eigenvalue weighted by molar-refractivity contribution is 6.31. The van der Waals surface area contributed by atoms with Crippen LogP contribution in [0.15, 0.2) is 36.4 Å². The maximum absolute atomic E-state index is 6.08. The van der Waals surface area contributed by atoms with Gasteiger partial charge in [-0.3, -0.25) is 0 Å². The number of nitrogens with two attached hydrogens (primary N) is 1. The van der Waals surface area contributed by atoms with E-state index in [0.717, 1.165) is 22.0 Å². The van der Waals surface area contributed by atoms with Gasteiger partial charge in [0.25, 0.3) is 0 Å². The first kappa shape index (κ1) is 13.2. The molecule has 2 N–H and O–H groups in total. The number of halogens is 2. The summed E-state index contributed by atoms with van der Waals surface area (Å²) in [7, 11) is 0. The first-order valence-corrected chi connectivity index (χ1v) is 6.79. The van der Waals surface area contributed by atoms with Crippen molar-refractivity contribution in [3.05, 3.63) is 52.0 Å². The molecular formula is C15H11Cl2N3. The third-order valence-electron chi connectivity index (χ3n) is 2.99. The molecule has 2 aromatic carbocycles. The number of anilines is 1. The van der Waals surface area contributed by atoms with E-state index in [2.05, 4.69) is 9.97 Å². The van der Waals surface area contributed by atoms with Crippen LogP contribution in [0.3, 0.4) is 0 Å². The zero-order chi connectivity index (χ0) is 14.3. The van der Waals surface area contributed by atoms with Gasteiger partial charge in [0.05, 0.1) is 5.52 Å². The molecular weight excluding hydrogens is 293 g/mol. The van der Waals surface area contributed by atoms with E-state index in [4.69, 9.17) is 28.9 Å². The number of rotatable bonds is 1. The molecule has 0 spiro atoms. The molecule has 0 amide bonds. The van der Waals surface area contributed by atoms with Gasteiger partial charge in [-0.05, 0) is 48.9 Å². The number of aryl methyl sites for hydroxylation is 1. The highest BCUT2D eigenvalue weighted by atomic mass is 35.5. The van der Waals surface area contributed by atoms with Crippen LogP contribution in [0.2, 0.25) is 10.0 Å². The normalized spacial score (nSPS) is 10.9. The number of nitrogens with zero attached hydrogens (tertiary/aromatic N) is 2. The molecule has 5 heteroatoms. The van der Waals surface area contributed by atoms with E-state index in [9.17, 15) is 0 Å². The SMILES string of the molecule is Cc1cc(Cl)cc(-c2nc(N)c3ccc(Cl)cc3n2)c1. The molecule has 0 aliphatic heterocycles. The fourth-order valence-electron chi connectivity index (χ4n) is 2.12. The molecule has 0 bridgehead atoms. The summed E-state index contributed by atoms with van der Waals surface area (Å²) in [6.45, 7) is 1.97. The maximum Gasteiger partial charge on any atom is 0.162 e. The minimum Gasteiger partial charge on any atom is -0.383 e. The fourth-order valence-corrected chi connectivity index (χ4v) is 2.58. The minimum absolute atomic E-state index is 0.430. The van der Waals surface area contributed by atoms with Gasteiger partial charge in [-0.2, -0.15) is 0 Å². The molecule has 3 aromatic rings. The van der Waals surface area contributed by atoms with E-state index in [1.807, 2.05) is 31.2 Å². The van der Waals surface area contributed by atoms with E-state index in [1.165, 1.54) is 0 Å². The van der Waals surface area contributed by atoms with Gasteiger partial charge in [0.1, 0.15) is 5.82 Å². The van der Waals surface area contributed by atoms with Gasteiger partial charge in [0, 0.05) is 21.0 Å². The van der Waals surface area contributed by atoms with Crippen LogP contribution >= 0.6 is 23.2 Å². The monoisotopic (exact) mass is 303 g/mol. The van der Waals surface area contributed by atoms with Gasteiger partial charge in [0.2, 0.25) is 0 Å². The lowest BCUT2D eigenvalue weighted by molar-refractivity contribution is 1.23. The van der Waals surface area contributed by atoms with Crippen molar-refractivity contribution >= 4 is 39.9 Å². The molecule has 20 heavy (non-hydrogen) atoms. The minimum atomic E-state index is 0.430. The van der Waals surface area contributed by atoms with Crippen LogP contribution in [0.5, 0.6) is 0 Å². The molecule has 100 valence electrons. The third-order valence-corrected chi connectivity index (χ3v) is 3.44. The molecule has 0 unspecified atom stereocenters. The van der Waals surface area contributed by atoms with Crippen molar-refractivity contribution in [2.45, 2.75) is 6.92 Å². The smallest absolute Gasteiger partial charge is 0.162 e. The summed E-state index contributed by atoms with van der Waals surface area (Å²) in [6, 6.07) is 11.0. The number of hydrogen-bond acceptors (Lipinski definition) is 3. The Labute approximate surface area is 126 Å². The summed E-state index contributed by atoms with van der Waals surface area (Å²) in [5.41, 5.74) is 8.59. The Kier molecular flexibility index (Phi) is 3.24. The Morgan fingerprint density at radius 1 is 0.950 bits per heavy atom. The highest BCUT2D eigenvalue weighted by Crippen LogP contribution is 2.27. The Bertz CT molecular complexity index is 795. The summed E-state index contributed by atoms with van der Waals surface area (Å²) in [4.78, 5) is 8.86. The van der Waals surface area contributed by atoms with Crippen molar-refractivity contribution < 1.29 is 0 Å². The number of benzene rings is 2. The van der Waals surface area contributed by atoms with Crippen LogP contribution in [-0.2, 0) is 0 Å². The molecule has 0 radical (unpaired) electrons. The predicted molar refractivity (Wildman–Crippen MR) is 84.1 cm³/mol. The molecule has 0 fully saturated rings. The average molecular weight is 304 g/mol. The first-order valence-electron chi connectivity index (χ1n) is 6.03. The van der Waals surface area contributed by atoms with Gasteiger partial charge < -0.3 is 5.73 Å². The maximum atomic E-state index is 6.08. The van der Waals surface area contributed by atoms with Gasteiger partial charge >= 0.3 is 0 Å². The van der Waals surface area contributed by atoms with Gasteiger partial charge in [-0.1, -0.05) is 23.2 Å². The second-order valence-corrected chi connectivity index (χ2v) is 5.48. The van der Waals surface area contributed by atoms with Gasteiger partial charge in [0.15, 0.2) is 5.82 Å². The Morgan fingerprint density at radius 3 is 2.50 bits per heavy atom. The average Bonchev–Trinajstić information content (AvgIpc) is 2.36. The van der Waals surface area contributed by atoms with Crippen LogP contribution in [0.4, 0.5) is 5.82 Å². The number of nitrogen functional groups attached to an aromatic ring is 1. The van der Waals surface area contributed by atoms with E-state index in [-0.39, 0.29) is 0 Å². The predicted octanol–water partition coefficient (Wildman–Crippen LogP) is 4.49. The largest absolute Gasteiger partial charge is 0.383 e. The van der Waals surface area contributed by atoms with Crippen molar-refractivity contribution in [1.29, 1.82) is 0 Å². The van der Waals surface area contributed by atoms with Crippen LogP contribution in [-0.4, -0.2) is 9.97 Å². The summed E-state index contributed by atoms with van der Waals surface area (Å²) < 4.78 is 0. The van der Waals surface area contributed by atoms with Gasteiger partial charge in [-0.15, -0.1) is 0 Å². The van der Waals surface area contributed by atoms with Crippen LogP contribution < -0.4 is 5.73 Å². The van der Waals surface area contributed by atoms with Crippen molar-refractivity contribution in [1.82, 2.24) is 9.97 Å². The van der Waals surface area contributed by atoms with Crippen LogP contribution in [0, 0.1) is 6.92 Å². The Hall–Kier alpha value is -1.84.